The molecule has 0 aliphatic carbocycles. The van der Waals surface area contributed by atoms with Gasteiger partial charge in [-0.3, -0.25) is 9.98 Å². The molecule has 148 valence electrons. The predicted octanol–water partition coefficient (Wildman–Crippen LogP) is 3.63. The van der Waals surface area contributed by atoms with Crippen LogP contribution in [0.4, 0.5) is 5.69 Å². The zero-order chi connectivity index (χ0) is 18.6. The smallest absolute Gasteiger partial charge is 0.191 e. The number of nitrogens with one attached hydrogen (secondary N) is 2. The summed E-state index contributed by atoms with van der Waals surface area (Å²) in [6.45, 7) is 10.7. The number of hydrogen-bond acceptors (Lipinski definition) is 3. The summed E-state index contributed by atoms with van der Waals surface area (Å²) < 4.78 is 0. The highest BCUT2D eigenvalue weighted by Gasteiger charge is 2.05. The van der Waals surface area contributed by atoms with Crippen molar-refractivity contribution in [1.29, 1.82) is 0 Å². The van der Waals surface area contributed by atoms with Gasteiger partial charge >= 0.3 is 0 Å². The van der Waals surface area contributed by atoms with Gasteiger partial charge in [-0.1, -0.05) is 18.2 Å². The van der Waals surface area contributed by atoms with Crippen molar-refractivity contribution in [3.63, 3.8) is 0 Å². The van der Waals surface area contributed by atoms with Crippen LogP contribution in [0.1, 0.15) is 25.1 Å². The number of aryl methyl sites for hydroxylation is 1. The molecule has 0 saturated heterocycles. The van der Waals surface area contributed by atoms with Crippen molar-refractivity contribution < 1.29 is 0 Å². The highest BCUT2D eigenvalue weighted by molar-refractivity contribution is 14.0. The van der Waals surface area contributed by atoms with Crippen molar-refractivity contribution in [2.45, 2.75) is 27.2 Å². The number of guanidine groups is 1. The van der Waals surface area contributed by atoms with E-state index in [0.29, 0.717) is 0 Å². The van der Waals surface area contributed by atoms with Gasteiger partial charge in [-0.05, 0) is 50.6 Å². The standard InChI is InChI=1S/C21H31N5.HI/c1-4-22-21(24-14-12-19-10-6-7-13-23-19)25-15-16-26(5-2)20-11-8-9-18(3)17-20;/h6-11,13,17H,4-5,12,14-16H2,1-3H3,(H2,22,24,25);1H. The van der Waals surface area contributed by atoms with E-state index < -0.39 is 0 Å². The number of benzene rings is 1. The molecular weight excluding hydrogens is 449 g/mol. The van der Waals surface area contributed by atoms with Crippen LogP contribution in [0.3, 0.4) is 0 Å². The molecule has 1 heterocycles. The van der Waals surface area contributed by atoms with Crippen LogP contribution in [-0.2, 0) is 6.42 Å². The Morgan fingerprint density at radius 2 is 1.96 bits per heavy atom. The lowest BCUT2D eigenvalue weighted by Gasteiger charge is -2.24. The topological polar surface area (TPSA) is 52.6 Å². The molecule has 0 radical (unpaired) electrons. The molecule has 2 aromatic rings. The summed E-state index contributed by atoms with van der Waals surface area (Å²) in [5.41, 5.74) is 3.63. The van der Waals surface area contributed by atoms with Crippen molar-refractivity contribution in [3.05, 3.63) is 59.9 Å². The van der Waals surface area contributed by atoms with E-state index >= 15 is 0 Å². The molecule has 1 aromatic heterocycles. The van der Waals surface area contributed by atoms with Crippen LogP contribution in [0.15, 0.2) is 53.7 Å². The molecule has 0 bridgehead atoms. The first kappa shape index (κ1) is 23.2. The monoisotopic (exact) mass is 481 g/mol. The lowest BCUT2D eigenvalue weighted by atomic mass is 10.2. The lowest BCUT2D eigenvalue weighted by molar-refractivity contribution is 0.750. The number of aromatic nitrogens is 1. The second kappa shape index (κ2) is 13.4. The summed E-state index contributed by atoms with van der Waals surface area (Å²) in [5.74, 6) is 0.865. The van der Waals surface area contributed by atoms with Gasteiger partial charge in [-0.15, -0.1) is 24.0 Å². The van der Waals surface area contributed by atoms with Gasteiger partial charge in [0.05, 0.1) is 0 Å². The molecule has 6 heteroatoms. The van der Waals surface area contributed by atoms with Crippen molar-refractivity contribution in [2.75, 3.05) is 37.6 Å². The number of aliphatic imine (C=N–C) groups is 1. The maximum absolute atomic E-state index is 4.65. The van der Waals surface area contributed by atoms with Gasteiger partial charge in [0.15, 0.2) is 5.96 Å². The van der Waals surface area contributed by atoms with Crippen molar-refractivity contribution in [1.82, 2.24) is 15.6 Å². The van der Waals surface area contributed by atoms with Crippen LogP contribution >= 0.6 is 24.0 Å². The van der Waals surface area contributed by atoms with Crippen LogP contribution < -0.4 is 15.5 Å². The van der Waals surface area contributed by atoms with Crippen molar-refractivity contribution >= 4 is 35.6 Å². The second-order valence-electron chi connectivity index (χ2n) is 6.18. The maximum atomic E-state index is 4.65. The molecule has 0 unspecified atom stereocenters. The Morgan fingerprint density at radius 3 is 2.63 bits per heavy atom. The van der Waals surface area contributed by atoms with Crippen LogP contribution in [0.2, 0.25) is 0 Å². The summed E-state index contributed by atoms with van der Waals surface area (Å²) >= 11 is 0. The quantitative estimate of drug-likeness (QED) is 0.326. The predicted molar refractivity (Wildman–Crippen MR) is 126 cm³/mol. The van der Waals surface area contributed by atoms with Gasteiger partial charge in [0.1, 0.15) is 0 Å². The molecule has 2 N–H and O–H groups in total. The number of anilines is 1. The lowest BCUT2D eigenvalue weighted by Crippen LogP contribution is -2.41. The van der Waals surface area contributed by atoms with E-state index in [0.717, 1.165) is 50.8 Å². The molecule has 0 spiro atoms. The Bertz CT molecular complexity index is 675. The van der Waals surface area contributed by atoms with Gasteiger partial charge in [-0.2, -0.15) is 0 Å². The minimum absolute atomic E-state index is 0. The van der Waals surface area contributed by atoms with Gasteiger partial charge < -0.3 is 15.5 Å². The maximum Gasteiger partial charge on any atom is 0.191 e. The van der Waals surface area contributed by atoms with Gasteiger partial charge in [0.2, 0.25) is 0 Å². The highest BCUT2D eigenvalue weighted by atomic mass is 127. The zero-order valence-corrected chi connectivity index (χ0v) is 18.9. The number of nitrogens with zero attached hydrogens (tertiary/aromatic N) is 3. The van der Waals surface area contributed by atoms with E-state index in [9.17, 15) is 0 Å². The van der Waals surface area contributed by atoms with Crippen molar-refractivity contribution in [2.24, 2.45) is 4.99 Å². The molecule has 0 aliphatic heterocycles. The molecule has 0 amide bonds. The van der Waals surface area contributed by atoms with E-state index in [1.807, 2.05) is 24.4 Å². The molecule has 0 atom stereocenters. The number of hydrogen-bond donors (Lipinski definition) is 2. The second-order valence-corrected chi connectivity index (χ2v) is 6.18. The van der Waals surface area contributed by atoms with Gasteiger partial charge in [0, 0.05) is 56.7 Å². The van der Waals surface area contributed by atoms with Gasteiger partial charge in [0.25, 0.3) is 0 Å². The van der Waals surface area contributed by atoms with Crippen LogP contribution in [0.25, 0.3) is 0 Å². The fourth-order valence-corrected chi connectivity index (χ4v) is 2.77. The summed E-state index contributed by atoms with van der Waals surface area (Å²) in [5, 5.41) is 6.74. The normalized spacial score (nSPS) is 10.9. The summed E-state index contributed by atoms with van der Waals surface area (Å²) in [6.07, 6.45) is 2.68. The molecule has 27 heavy (non-hydrogen) atoms. The van der Waals surface area contributed by atoms with Crippen LogP contribution in [0, 0.1) is 6.92 Å². The third-order valence-corrected chi connectivity index (χ3v) is 4.13. The fraction of sp³-hybridized carbons (Fsp3) is 0.429. The zero-order valence-electron chi connectivity index (χ0n) is 16.6. The largest absolute Gasteiger partial charge is 0.370 e. The number of pyridine rings is 1. The summed E-state index contributed by atoms with van der Waals surface area (Å²) in [6, 6.07) is 14.6. The molecule has 0 aliphatic rings. The minimum atomic E-state index is 0. The summed E-state index contributed by atoms with van der Waals surface area (Å²) in [4.78, 5) is 11.4. The average Bonchev–Trinajstić information content (AvgIpc) is 2.66. The third-order valence-electron chi connectivity index (χ3n) is 4.13. The molecule has 1 aromatic carbocycles. The Morgan fingerprint density at radius 1 is 1.11 bits per heavy atom. The number of rotatable bonds is 9. The van der Waals surface area contributed by atoms with E-state index in [-0.39, 0.29) is 24.0 Å². The van der Waals surface area contributed by atoms with Gasteiger partial charge in [-0.25, -0.2) is 0 Å². The molecule has 5 nitrogen and oxygen atoms in total. The Kier molecular flexibility index (Phi) is 11.5. The first-order valence-corrected chi connectivity index (χ1v) is 9.46. The Balaban J connectivity index is 0.00000364. The third kappa shape index (κ3) is 8.60. The average molecular weight is 481 g/mol. The fourth-order valence-electron chi connectivity index (χ4n) is 2.77. The highest BCUT2D eigenvalue weighted by Crippen LogP contribution is 2.14. The Labute approximate surface area is 180 Å². The SMILES string of the molecule is CCNC(=NCCc1ccccn1)NCCN(CC)c1cccc(C)c1.I. The molecule has 0 saturated carbocycles. The number of halogens is 1. The molecular formula is C21H32IN5. The number of likely N-dealkylation sites (N-methyl/N-ethyl adjacent to an activating group) is 1. The summed E-state index contributed by atoms with van der Waals surface area (Å²) in [7, 11) is 0. The van der Waals surface area contributed by atoms with E-state index in [1.54, 1.807) is 0 Å². The first-order chi connectivity index (χ1) is 12.7. The van der Waals surface area contributed by atoms with E-state index in [4.69, 9.17) is 0 Å². The van der Waals surface area contributed by atoms with E-state index in [1.165, 1.54) is 11.3 Å². The minimum Gasteiger partial charge on any atom is -0.370 e. The van der Waals surface area contributed by atoms with Crippen molar-refractivity contribution in [3.8, 4) is 0 Å². The van der Waals surface area contributed by atoms with Crippen LogP contribution in [0.5, 0.6) is 0 Å². The molecule has 2 rings (SSSR count). The molecule has 0 fully saturated rings. The van der Waals surface area contributed by atoms with E-state index in [2.05, 4.69) is 70.5 Å². The van der Waals surface area contributed by atoms with Crippen LogP contribution in [-0.4, -0.2) is 43.7 Å². The first-order valence-electron chi connectivity index (χ1n) is 9.46. The Hall–Kier alpha value is -1.83.